The van der Waals surface area contributed by atoms with Crippen LogP contribution in [-0.2, 0) is 19.1 Å². The van der Waals surface area contributed by atoms with E-state index in [1.54, 1.807) is 13.0 Å². The molecule has 0 spiro atoms. The number of hydrogen-bond donors (Lipinski definition) is 0. The van der Waals surface area contributed by atoms with Gasteiger partial charge in [0.25, 0.3) is 0 Å². The average Bonchev–Trinajstić information content (AvgIpc) is 2.32. The Balaban J connectivity index is 5.45. The second kappa shape index (κ2) is 6.64. The first-order valence-corrected chi connectivity index (χ1v) is 4.74. The van der Waals surface area contributed by atoms with Crippen LogP contribution in [-0.4, -0.2) is 26.2 Å². The van der Waals surface area contributed by atoms with Gasteiger partial charge in [0.2, 0.25) is 0 Å². The lowest BCUT2D eigenvalue weighted by molar-refractivity contribution is -0.164. The molecule has 88 valence electrons. The Kier molecular flexibility index (Phi) is 5.89. The lowest BCUT2D eigenvalue weighted by Gasteiger charge is -2.23. The minimum atomic E-state index is -1.44. The van der Waals surface area contributed by atoms with Crippen molar-refractivity contribution in [3.63, 3.8) is 0 Å². The molecule has 0 saturated carbocycles. The van der Waals surface area contributed by atoms with E-state index in [4.69, 9.17) is 0 Å². The number of esters is 2. The predicted molar refractivity (Wildman–Crippen MR) is 59.6 cm³/mol. The summed E-state index contributed by atoms with van der Waals surface area (Å²) in [6, 6.07) is 0. The van der Waals surface area contributed by atoms with Gasteiger partial charge in [-0.1, -0.05) is 18.7 Å². The van der Waals surface area contributed by atoms with E-state index in [-0.39, 0.29) is 6.42 Å². The molecule has 0 aliphatic rings. The molecule has 0 fully saturated rings. The van der Waals surface area contributed by atoms with E-state index in [0.29, 0.717) is 0 Å². The fourth-order valence-corrected chi connectivity index (χ4v) is 1.34. The SMILES string of the molecule is C=C=CCC(C=CC)(C(=O)OC)C(=O)OC. The highest BCUT2D eigenvalue weighted by Gasteiger charge is 2.45. The predicted octanol–water partition coefficient (Wildman–Crippen LogP) is 1.63. The van der Waals surface area contributed by atoms with Gasteiger partial charge in [-0.25, -0.2) is 0 Å². The van der Waals surface area contributed by atoms with Crippen molar-refractivity contribution in [2.24, 2.45) is 5.41 Å². The van der Waals surface area contributed by atoms with Gasteiger partial charge in [0.1, 0.15) is 0 Å². The number of carbonyl (C=O) groups is 2. The quantitative estimate of drug-likeness (QED) is 0.308. The molecule has 0 aliphatic heterocycles. The number of carbonyl (C=O) groups excluding carboxylic acids is 2. The van der Waals surface area contributed by atoms with E-state index in [9.17, 15) is 9.59 Å². The molecular formula is C12H16O4. The van der Waals surface area contributed by atoms with E-state index < -0.39 is 17.4 Å². The molecule has 0 aliphatic carbocycles. The summed E-state index contributed by atoms with van der Waals surface area (Å²) >= 11 is 0. The maximum atomic E-state index is 11.7. The average molecular weight is 224 g/mol. The summed E-state index contributed by atoms with van der Waals surface area (Å²) in [5.74, 6) is -1.33. The van der Waals surface area contributed by atoms with E-state index in [1.807, 2.05) is 0 Å². The Bertz CT molecular complexity index is 319. The molecule has 0 heterocycles. The molecule has 0 bridgehead atoms. The summed E-state index contributed by atoms with van der Waals surface area (Å²) < 4.78 is 9.26. The van der Waals surface area contributed by atoms with Crippen molar-refractivity contribution in [2.75, 3.05) is 14.2 Å². The van der Waals surface area contributed by atoms with E-state index >= 15 is 0 Å². The van der Waals surface area contributed by atoms with E-state index in [0.717, 1.165) is 0 Å². The minimum absolute atomic E-state index is 0.111. The molecule has 0 saturated heterocycles. The summed E-state index contributed by atoms with van der Waals surface area (Å²) in [6.45, 7) is 5.09. The molecule has 0 aromatic rings. The van der Waals surface area contributed by atoms with Gasteiger partial charge in [0, 0.05) is 6.42 Å². The molecule has 4 nitrogen and oxygen atoms in total. The van der Waals surface area contributed by atoms with Crippen LogP contribution in [0.4, 0.5) is 0 Å². The van der Waals surface area contributed by atoms with Gasteiger partial charge in [-0.05, 0) is 13.0 Å². The molecule has 0 amide bonds. The highest BCUT2D eigenvalue weighted by molar-refractivity contribution is 6.02. The molecule has 0 radical (unpaired) electrons. The first kappa shape index (κ1) is 14.2. The summed E-state index contributed by atoms with van der Waals surface area (Å²) in [5.41, 5.74) is 1.07. The van der Waals surface area contributed by atoms with Crippen molar-refractivity contribution in [3.05, 3.63) is 30.5 Å². The Morgan fingerprint density at radius 3 is 2.12 bits per heavy atom. The van der Waals surface area contributed by atoms with Crippen LogP contribution in [0.1, 0.15) is 13.3 Å². The van der Waals surface area contributed by atoms with Gasteiger partial charge in [0.15, 0.2) is 5.41 Å². The fourth-order valence-electron chi connectivity index (χ4n) is 1.34. The number of methoxy groups -OCH3 is 2. The van der Waals surface area contributed by atoms with Crippen molar-refractivity contribution in [3.8, 4) is 0 Å². The largest absolute Gasteiger partial charge is 0.468 e. The van der Waals surface area contributed by atoms with Crippen molar-refractivity contribution < 1.29 is 19.1 Å². The van der Waals surface area contributed by atoms with Gasteiger partial charge in [-0.15, -0.1) is 5.73 Å². The Hall–Kier alpha value is -1.80. The van der Waals surface area contributed by atoms with Crippen LogP contribution in [0.3, 0.4) is 0 Å². The Labute approximate surface area is 95.2 Å². The fraction of sp³-hybridized carbons (Fsp3) is 0.417. The Morgan fingerprint density at radius 2 is 1.81 bits per heavy atom. The molecule has 0 N–H and O–H groups in total. The van der Waals surface area contributed by atoms with E-state index in [2.05, 4.69) is 21.8 Å². The zero-order chi connectivity index (χ0) is 12.6. The standard InChI is InChI=1S/C12H16O4/c1-5-7-9-12(8-6-2,10(13)15-3)11(14)16-4/h6-8H,1,9H2,2-4H3. The number of hydrogen-bond acceptors (Lipinski definition) is 4. The summed E-state index contributed by atoms with van der Waals surface area (Å²) in [6.07, 6.45) is 4.66. The Morgan fingerprint density at radius 1 is 1.31 bits per heavy atom. The van der Waals surface area contributed by atoms with Crippen LogP contribution in [0, 0.1) is 5.41 Å². The highest BCUT2D eigenvalue weighted by atomic mass is 16.5. The molecule has 0 atom stereocenters. The minimum Gasteiger partial charge on any atom is -0.468 e. The summed E-state index contributed by atoms with van der Waals surface area (Å²) in [5, 5.41) is 0. The van der Waals surface area contributed by atoms with Crippen LogP contribution in [0.25, 0.3) is 0 Å². The van der Waals surface area contributed by atoms with Gasteiger partial charge < -0.3 is 9.47 Å². The second-order valence-corrected chi connectivity index (χ2v) is 3.07. The smallest absolute Gasteiger partial charge is 0.327 e. The van der Waals surface area contributed by atoms with Gasteiger partial charge in [-0.3, -0.25) is 9.59 Å². The van der Waals surface area contributed by atoms with Gasteiger partial charge in [0.05, 0.1) is 14.2 Å². The van der Waals surface area contributed by atoms with E-state index in [1.165, 1.54) is 26.4 Å². The van der Waals surface area contributed by atoms with Crippen LogP contribution in [0.5, 0.6) is 0 Å². The third-order valence-corrected chi connectivity index (χ3v) is 2.12. The lowest BCUT2D eigenvalue weighted by atomic mass is 9.84. The molecule has 16 heavy (non-hydrogen) atoms. The molecule has 0 unspecified atom stereocenters. The number of rotatable bonds is 5. The van der Waals surface area contributed by atoms with Gasteiger partial charge in [-0.2, -0.15) is 0 Å². The normalized spacial score (nSPS) is 10.7. The third-order valence-electron chi connectivity index (χ3n) is 2.12. The van der Waals surface area contributed by atoms with Crippen molar-refractivity contribution >= 4 is 11.9 Å². The molecule has 0 rings (SSSR count). The topological polar surface area (TPSA) is 52.6 Å². The lowest BCUT2D eigenvalue weighted by Crippen LogP contribution is -2.39. The van der Waals surface area contributed by atoms with Crippen LogP contribution >= 0.6 is 0 Å². The monoisotopic (exact) mass is 224 g/mol. The second-order valence-electron chi connectivity index (χ2n) is 3.07. The van der Waals surface area contributed by atoms with Crippen molar-refractivity contribution in [1.29, 1.82) is 0 Å². The number of ether oxygens (including phenoxy) is 2. The molecule has 0 aromatic heterocycles. The summed E-state index contributed by atoms with van der Waals surface area (Å²) in [4.78, 5) is 23.4. The van der Waals surface area contributed by atoms with Crippen molar-refractivity contribution in [2.45, 2.75) is 13.3 Å². The van der Waals surface area contributed by atoms with Crippen LogP contribution < -0.4 is 0 Å². The number of allylic oxidation sites excluding steroid dienone is 2. The molecular weight excluding hydrogens is 208 g/mol. The zero-order valence-corrected chi connectivity index (χ0v) is 9.78. The maximum Gasteiger partial charge on any atom is 0.327 e. The summed E-state index contributed by atoms with van der Waals surface area (Å²) in [7, 11) is 2.45. The first-order chi connectivity index (χ1) is 7.58. The van der Waals surface area contributed by atoms with Gasteiger partial charge >= 0.3 is 11.9 Å². The zero-order valence-electron chi connectivity index (χ0n) is 9.78. The third kappa shape index (κ3) is 2.84. The van der Waals surface area contributed by atoms with Crippen LogP contribution in [0.15, 0.2) is 30.5 Å². The molecule has 0 aromatic carbocycles. The molecule has 4 heteroatoms. The first-order valence-electron chi connectivity index (χ1n) is 4.74. The van der Waals surface area contributed by atoms with Crippen molar-refractivity contribution in [1.82, 2.24) is 0 Å². The highest BCUT2D eigenvalue weighted by Crippen LogP contribution is 2.28. The van der Waals surface area contributed by atoms with Crippen LogP contribution in [0.2, 0.25) is 0 Å². The maximum absolute atomic E-state index is 11.7.